The van der Waals surface area contributed by atoms with Gasteiger partial charge in [-0.2, -0.15) is 0 Å². The maximum absolute atomic E-state index is 12.5. The van der Waals surface area contributed by atoms with Gasteiger partial charge in [-0.15, -0.1) is 11.3 Å². The van der Waals surface area contributed by atoms with Crippen molar-refractivity contribution in [1.82, 2.24) is 9.97 Å². The molecule has 3 heterocycles. The third-order valence-corrected chi connectivity index (χ3v) is 5.71. The number of nitrogens with two attached hydrogens (primary N) is 1. The number of hydrogen-bond acceptors (Lipinski definition) is 6. The van der Waals surface area contributed by atoms with Crippen LogP contribution in [0.15, 0.2) is 76.7 Å². The number of ether oxygens (including phenoxy) is 1. The molecule has 0 saturated carbocycles. The molecule has 9 heteroatoms. The van der Waals surface area contributed by atoms with Gasteiger partial charge in [0.05, 0.1) is 5.69 Å². The van der Waals surface area contributed by atoms with E-state index in [4.69, 9.17) is 14.9 Å². The third kappa shape index (κ3) is 4.48. The van der Waals surface area contributed by atoms with Crippen molar-refractivity contribution in [2.75, 3.05) is 5.32 Å². The summed E-state index contributed by atoms with van der Waals surface area (Å²) in [6, 6.07) is 18.8. The highest BCUT2D eigenvalue weighted by Gasteiger charge is 2.15. The van der Waals surface area contributed by atoms with Crippen LogP contribution in [-0.4, -0.2) is 21.8 Å². The number of fused-ring (bicyclic) bond motifs is 1. The number of nitrogens with one attached hydrogen (secondary N) is 2. The molecule has 0 aliphatic heterocycles. The number of aromatic nitrogens is 2. The molecule has 0 atom stereocenters. The van der Waals surface area contributed by atoms with E-state index < -0.39 is 11.8 Å². The van der Waals surface area contributed by atoms with Crippen LogP contribution in [0.3, 0.4) is 0 Å². The van der Waals surface area contributed by atoms with E-state index in [0.717, 1.165) is 16.5 Å². The molecule has 0 unspecified atom stereocenters. The summed E-state index contributed by atoms with van der Waals surface area (Å²) in [6.45, 7) is 0.197. The first-order valence-electron chi connectivity index (χ1n) is 10.0. The second kappa shape index (κ2) is 8.64. The summed E-state index contributed by atoms with van der Waals surface area (Å²) in [5.41, 5.74) is 6.86. The molecule has 2 amide bonds. The smallest absolute Gasteiger partial charge is 0.293 e. The molecule has 0 aliphatic rings. The molecule has 0 fully saturated rings. The van der Waals surface area contributed by atoms with Gasteiger partial charge in [0.2, 0.25) is 0 Å². The van der Waals surface area contributed by atoms with Gasteiger partial charge in [-0.25, -0.2) is 4.98 Å². The molecule has 2 aromatic carbocycles. The van der Waals surface area contributed by atoms with Crippen LogP contribution in [0, 0.1) is 0 Å². The number of primary amides is 1. The molecule has 0 spiro atoms. The van der Waals surface area contributed by atoms with Gasteiger partial charge >= 0.3 is 0 Å². The fourth-order valence-electron chi connectivity index (χ4n) is 3.30. The summed E-state index contributed by atoms with van der Waals surface area (Å²) in [6.07, 6.45) is 1.63. The monoisotopic (exact) mass is 458 g/mol. The van der Waals surface area contributed by atoms with Gasteiger partial charge in [-0.1, -0.05) is 30.3 Å². The average molecular weight is 458 g/mol. The molecule has 8 nitrogen and oxygen atoms in total. The van der Waals surface area contributed by atoms with Gasteiger partial charge in [0.25, 0.3) is 11.8 Å². The lowest BCUT2D eigenvalue weighted by Crippen LogP contribution is -2.10. The molecule has 0 bridgehead atoms. The third-order valence-electron chi connectivity index (χ3n) is 4.96. The lowest BCUT2D eigenvalue weighted by molar-refractivity contribution is 0.0986. The van der Waals surface area contributed by atoms with Crippen LogP contribution in [0.2, 0.25) is 0 Å². The molecule has 5 aromatic rings. The standard InChI is InChI=1S/C24H18N4O4S/c25-22(29)19-10-16(11-26-19)20-13-33-24(27-20)28-23(30)21-8-7-18(32-21)12-31-17-6-5-14-3-1-2-4-15(14)9-17/h1-11,13,26H,12H2,(H2,25,29)(H,27,28,30). The molecule has 0 radical (unpaired) electrons. The molecule has 0 aliphatic carbocycles. The van der Waals surface area contributed by atoms with E-state index in [-0.39, 0.29) is 18.1 Å². The van der Waals surface area contributed by atoms with Gasteiger partial charge < -0.3 is 19.9 Å². The van der Waals surface area contributed by atoms with E-state index in [1.165, 1.54) is 11.3 Å². The molecule has 5 rings (SSSR count). The van der Waals surface area contributed by atoms with Gasteiger partial charge in [-0.3, -0.25) is 14.9 Å². The molecule has 4 N–H and O–H groups in total. The second-order valence-corrected chi connectivity index (χ2v) is 8.08. The lowest BCUT2D eigenvalue weighted by atomic mass is 10.1. The number of hydrogen-bond donors (Lipinski definition) is 3. The van der Waals surface area contributed by atoms with Crippen LogP contribution >= 0.6 is 11.3 Å². The Balaban J connectivity index is 1.21. The van der Waals surface area contributed by atoms with Crippen LogP contribution in [0.1, 0.15) is 26.8 Å². The number of rotatable bonds is 7. The maximum atomic E-state index is 12.5. The molecular weight excluding hydrogens is 440 g/mol. The summed E-state index contributed by atoms with van der Waals surface area (Å²) in [5, 5.41) is 7.12. The van der Waals surface area contributed by atoms with Gasteiger partial charge in [0.15, 0.2) is 10.9 Å². The maximum Gasteiger partial charge on any atom is 0.293 e. The number of nitrogens with zero attached hydrogens (tertiary/aromatic N) is 1. The zero-order chi connectivity index (χ0) is 22.8. The van der Waals surface area contributed by atoms with E-state index in [1.807, 2.05) is 42.5 Å². The minimum atomic E-state index is -0.553. The Kier molecular flexibility index (Phi) is 5.37. The van der Waals surface area contributed by atoms with Crippen LogP contribution in [0.25, 0.3) is 22.0 Å². The fraction of sp³-hybridized carbons (Fsp3) is 0.0417. The van der Waals surface area contributed by atoms with Gasteiger partial charge in [0, 0.05) is 17.1 Å². The number of carbonyl (C=O) groups is 2. The summed E-state index contributed by atoms with van der Waals surface area (Å²) in [7, 11) is 0. The van der Waals surface area contributed by atoms with E-state index in [1.54, 1.807) is 29.8 Å². The van der Waals surface area contributed by atoms with Gasteiger partial charge in [0.1, 0.15) is 23.8 Å². The fourth-order valence-corrected chi connectivity index (χ4v) is 4.01. The Morgan fingerprint density at radius 2 is 1.94 bits per heavy atom. The van der Waals surface area contributed by atoms with Crippen molar-refractivity contribution in [1.29, 1.82) is 0 Å². The topological polar surface area (TPSA) is 123 Å². The zero-order valence-electron chi connectivity index (χ0n) is 17.2. The Labute approximate surface area is 192 Å². The first-order chi connectivity index (χ1) is 16.0. The number of benzene rings is 2. The number of furan rings is 1. The summed E-state index contributed by atoms with van der Waals surface area (Å²) in [5.74, 6) is 0.430. The summed E-state index contributed by atoms with van der Waals surface area (Å²) >= 11 is 1.26. The van der Waals surface area contributed by atoms with Crippen molar-refractivity contribution < 1.29 is 18.7 Å². The molecule has 0 saturated heterocycles. The first-order valence-corrected chi connectivity index (χ1v) is 10.9. The van der Waals surface area contributed by atoms with Crippen molar-refractivity contribution >= 4 is 39.1 Å². The first kappa shape index (κ1) is 20.5. The van der Waals surface area contributed by atoms with E-state index in [2.05, 4.69) is 15.3 Å². The number of thiazole rings is 1. The minimum absolute atomic E-state index is 0.154. The predicted molar refractivity (Wildman–Crippen MR) is 125 cm³/mol. The number of carbonyl (C=O) groups excluding carboxylic acids is 2. The van der Waals surface area contributed by atoms with E-state index in [9.17, 15) is 9.59 Å². The largest absolute Gasteiger partial charge is 0.486 e. The van der Waals surface area contributed by atoms with Crippen LogP contribution < -0.4 is 15.8 Å². The van der Waals surface area contributed by atoms with Crippen LogP contribution in [0.4, 0.5) is 5.13 Å². The van der Waals surface area contributed by atoms with Crippen molar-refractivity contribution in [3.63, 3.8) is 0 Å². The van der Waals surface area contributed by atoms with Gasteiger partial charge in [-0.05, 0) is 41.1 Å². The van der Waals surface area contributed by atoms with E-state index >= 15 is 0 Å². The molecule has 33 heavy (non-hydrogen) atoms. The minimum Gasteiger partial charge on any atom is -0.486 e. The van der Waals surface area contributed by atoms with Crippen LogP contribution in [0.5, 0.6) is 5.75 Å². The van der Waals surface area contributed by atoms with Crippen molar-refractivity contribution in [3.05, 3.63) is 89.5 Å². The summed E-state index contributed by atoms with van der Waals surface area (Å²) < 4.78 is 11.4. The Morgan fingerprint density at radius 3 is 2.76 bits per heavy atom. The van der Waals surface area contributed by atoms with Crippen molar-refractivity contribution in [3.8, 4) is 17.0 Å². The SMILES string of the molecule is NC(=O)c1cc(-c2csc(NC(=O)c3ccc(COc4ccc5ccccc5c4)o3)n2)c[nH]1. The number of H-pyrrole nitrogens is 1. The highest BCUT2D eigenvalue weighted by atomic mass is 32.1. The number of anilines is 1. The zero-order valence-corrected chi connectivity index (χ0v) is 18.0. The average Bonchev–Trinajstić information content (AvgIpc) is 3.58. The highest BCUT2D eigenvalue weighted by Crippen LogP contribution is 2.26. The second-order valence-electron chi connectivity index (χ2n) is 7.22. The molecule has 3 aromatic heterocycles. The number of amides is 2. The predicted octanol–water partition coefficient (Wildman–Crippen LogP) is 4.81. The molecular formula is C24H18N4O4S. The van der Waals surface area contributed by atoms with Crippen LogP contribution in [-0.2, 0) is 6.61 Å². The Hall–Kier alpha value is -4.37. The Morgan fingerprint density at radius 1 is 1.09 bits per heavy atom. The molecule has 164 valence electrons. The van der Waals surface area contributed by atoms with Crippen molar-refractivity contribution in [2.24, 2.45) is 5.73 Å². The van der Waals surface area contributed by atoms with Crippen molar-refractivity contribution in [2.45, 2.75) is 6.61 Å². The van der Waals surface area contributed by atoms with E-state index in [0.29, 0.717) is 22.1 Å². The number of aromatic amines is 1. The normalized spacial score (nSPS) is 10.9. The lowest BCUT2D eigenvalue weighted by Gasteiger charge is -2.05. The highest BCUT2D eigenvalue weighted by molar-refractivity contribution is 7.14. The Bertz CT molecular complexity index is 1470. The summed E-state index contributed by atoms with van der Waals surface area (Å²) in [4.78, 5) is 30.9. The quantitative estimate of drug-likeness (QED) is 0.323.